The molecule has 1 rings (SSSR count). The zero-order valence-electron chi connectivity index (χ0n) is 5.24. The second kappa shape index (κ2) is 2.90. The van der Waals surface area contributed by atoms with Crippen molar-refractivity contribution in [2.75, 3.05) is 13.1 Å². The third-order valence-electron chi connectivity index (χ3n) is 1.08. The molecular weight excluding hydrogens is 136 g/mol. The Morgan fingerprint density at radius 3 is 2.70 bits per heavy atom. The van der Waals surface area contributed by atoms with Gasteiger partial charge in [0.15, 0.2) is 5.82 Å². The number of hydrogen-bond acceptors (Lipinski definition) is 4. The van der Waals surface area contributed by atoms with Gasteiger partial charge < -0.3 is 21.0 Å². The Bertz CT molecular complexity index is 168. The van der Waals surface area contributed by atoms with E-state index in [0.29, 0.717) is 5.82 Å². The molecule has 6 nitrogen and oxygen atoms in total. The van der Waals surface area contributed by atoms with E-state index in [1.165, 1.54) is 0 Å². The summed E-state index contributed by atoms with van der Waals surface area (Å²) < 4.78 is 0. The van der Waals surface area contributed by atoms with Gasteiger partial charge >= 0.3 is 0 Å². The third-order valence-corrected chi connectivity index (χ3v) is 1.08. The van der Waals surface area contributed by atoms with Crippen molar-refractivity contribution < 1.29 is 10.1 Å². The number of rotatable bonds is 1. The molecule has 0 bridgehead atoms. The van der Waals surface area contributed by atoms with Gasteiger partial charge in [-0.15, -0.1) is 0 Å². The molecule has 0 aromatic carbocycles. The number of nitrogens with one attached hydrogen (secondary N) is 2. The predicted molar refractivity (Wildman–Crippen MR) is 31.9 cm³/mol. The van der Waals surface area contributed by atoms with Crippen molar-refractivity contribution in [3.8, 4) is 0 Å². The topological polar surface area (TPSA) is 82.7 Å². The Labute approximate surface area is 57.4 Å². The van der Waals surface area contributed by atoms with Crippen LogP contribution in [-0.2, 0) is 0 Å². The van der Waals surface area contributed by atoms with Crippen molar-refractivity contribution in [1.82, 2.24) is 10.6 Å². The summed E-state index contributed by atoms with van der Waals surface area (Å²) in [5.41, 5.74) is 0. The normalized spacial score (nSPS) is 18.0. The molecule has 1 aliphatic rings. The van der Waals surface area contributed by atoms with Crippen molar-refractivity contribution in [2.24, 2.45) is 5.28 Å². The Kier molecular flexibility index (Phi) is 1.93. The molecule has 0 aromatic heterocycles. The summed E-state index contributed by atoms with van der Waals surface area (Å²) in [6, 6.07) is 0. The average molecular weight is 144 g/mol. The lowest BCUT2D eigenvalue weighted by Gasteiger charge is -1.94. The fourth-order valence-electron chi connectivity index (χ4n) is 0.684. The minimum absolute atomic E-state index is 0.0701. The number of nitrogens with zero attached hydrogens (tertiary/aromatic N) is 2. The molecule has 0 saturated carbocycles. The first-order valence-corrected chi connectivity index (χ1v) is 2.84. The molecule has 0 aliphatic carbocycles. The maximum absolute atomic E-state index is 10.3. The quantitative estimate of drug-likeness (QED) is 0.259. The molecule has 1 saturated heterocycles. The van der Waals surface area contributed by atoms with Crippen LogP contribution in [0.25, 0.3) is 0 Å². The zero-order valence-corrected chi connectivity index (χ0v) is 5.24. The molecule has 10 heavy (non-hydrogen) atoms. The largest absolute Gasteiger partial charge is 0.592 e. The van der Waals surface area contributed by atoms with Gasteiger partial charge in [0.2, 0.25) is 5.28 Å². The lowest BCUT2D eigenvalue weighted by atomic mass is 10.7. The molecule has 0 amide bonds. The molecule has 0 radical (unpaired) electrons. The van der Waals surface area contributed by atoms with Crippen molar-refractivity contribution in [1.29, 1.82) is 0 Å². The number of hydroxylamine groups is 1. The standard InChI is InChI=1S/C4H8N4O2/c9-7-8(10)3-4-5-1-2-6-4/h3,5-6,9H,1-2H2. The fourth-order valence-corrected chi connectivity index (χ4v) is 0.684. The van der Waals surface area contributed by atoms with Crippen LogP contribution in [0.3, 0.4) is 0 Å². The third kappa shape index (κ3) is 1.51. The first-order chi connectivity index (χ1) is 4.83. The van der Waals surface area contributed by atoms with Crippen LogP contribution in [0.5, 0.6) is 0 Å². The molecule has 1 aliphatic heterocycles. The summed E-state index contributed by atoms with van der Waals surface area (Å²) >= 11 is 0. The Hall–Kier alpha value is -1.46. The van der Waals surface area contributed by atoms with E-state index < -0.39 is 0 Å². The van der Waals surface area contributed by atoms with Crippen LogP contribution in [0.2, 0.25) is 0 Å². The Morgan fingerprint density at radius 1 is 1.60 bits per heavy atom. The van der Waals surface area contributed by atoms with Crippen molar-refractivity contribution in [3.63, 3.8) is 0 Å². The van der Waals surface area contributed by atoms with Crippen LogP contribution in [0.1, 0.15) is 0 Å². The molecule has 1 heterocycles. The maximum Gasteiger partial charge on any atom is 0.252 e. The highest BCUT2D eigenvalue weighted by atomic mass is 16.6. The van der Waals surface area contributed by atoms with Crippen LogP contribution < -0.4 is 10.6 Å². The van der Waals surface area contributed by atoms with Crippen LogP contribution >= 0.6 is 0 Å². The van der Waals surface area contributed by atoms with Gasteiger partial charge in [-0.05, 0) is 4.86 Å². The van der Waals surface area contributed by atoms with Crippen LogP contribution in [0, 0.1) is 5.21 Å². The minimum Gasteiger partial charge on any atom is -0.592 e. The molecule has 0 spiro atoms. The van der Waals surface area contributed by atoms with Gasteiger partial charge in [-0.1, -0.05) is 0 Å². The van der Waals surface area contributed by atoms with E-state index >= 15 is 0 Å². The van der Waals surface area contributed by atoms with Crippen LogP contribution in [0.15, 0.2) is 17.3 Å². The molecule has 3 N–H and O–H groups in total. The maximum atomic E-state index is 10.3. The smallest absolute Gasteiger partial charge is 0.252 e. The average Bonchev–Trinajstić information content (AvgIpc) is 2.40. The van der Waals surface area contributed by atoms with Gasteiger partial charge in [0.25, 0.3) is 6.20 Å². The van der Waals surface area contributed by atoms with E-state index in [0.717, 1.165) is 19.3 Å². The molecule has 0 unspecified atom stereocenters. The summed E-state index contributed by atoms with van der Waals surface area (Å²) in [7, 11) is 0. The number of hydrogen-bond donors (Lipinski definition) is 3. The highest BCUT2D eigenvalue weighted by molar-refractivity contribution is 4.96. The van der Waals surface area contributed by atoms with Gasteiger partial charge in [0.05, 0.1) is 0 Å². The van der Waals surface area contributed by atoms with Gasteiger partial charge in [-0.3, -0.25) is 0 Å². The summed E-state index contributed by atoms with van der Waals surface area (Å²) in [6.07, 6.45) is 1.12. The van der Waals surface area contributed by atoms with E-state index in [2.05, 4.69) is 15.9 Å². The second-order valence-electron chi connectivity index (χ2n) is 1.79. The Morgan fingerprint density at radius 2 is 2.20 bits per heavy atom. The van der Waals surface area contributed by atoms with Gasteiger partial charge in [0, 0.05) is 13.1 Å². The SMILES string of the molecule is [O-][N+](C=C1NCCN1)=NO. The minimum atomic E-state index is 0.0701. The van der Waals surface area contributed by atoms with E-state index in [9.17, 15) is 5.21 Å². The van der Waals surface area contributed by atoms with Gasteiger partial charge in [0.1, 0.15) is 0 Å². The highest BCUT2D eigenvalue weighted by Gasteiger charge is 2.05. The van der Waals surface area contributed by atoms with Crippen molar-refractivity contribution in [2.45, 2.75) is 0 Å². The summed E-state index contributed by atoms with van der Waals surface area (Å²) in [5.74, 6) is 0.577. The van der Waals surface area contributed by atoms with Crippen LogP contribution in [-0.4, -0.2) is 23.2 Å². The zero-order chi connectivity index (χ0) is 7.40. The first kappa shape index (κ1) is 6.66. The second-order valence-corrected chi connectivity index (χ2v) is 1.79. The molecule has 0 aromatic rings. The molecular formula is C4H8N4O2. The summed E-state index contributed by atoms with van der Waals surface area (Å²) in [4.78, 5) is 0.0701. The van der Waals surface area contributed by atoms with E-state index in [1.807, 2.05) is 0 Å². The summed E-state index contributed by atoms with van der Waals surface area (Å²) in [6.45, 7) is 1.57. The molecule has 0 atom stereocenters. The Balaban J connectivity index is 2.53. The van der Waals surface area contributed by atoms with Gasteiger partial charge in [-0.2, -0.15) is 0 Å². The van der Waals surface area contributed by atoms with E-state index in [1.54, 1.807) is 0 Å². The van der Waals surface area contributed by atoms with Crippen LogP contribution in [0.4, 0.5) is 0 Å². The monoisotopic (exact) mass is 144 g/mol. The molecule has 56 valence electrons. The lowest BCUT2D eigenvalue weighted by molar-refractivity contribution is -0.490. The highest BCUT2D eigenvalue weighted by Crippen LogP contribution is 1.89. The summed E-state index contributed by atoms with van der Waals surface area (Å²) in [5, 5.41) is 26.3. The van der Waals surface area contributed by atoms with Crippen molar-refractivity contribution in [3.05, 3.63) is 17.2 Å². The first-order valence-electron chi connectivity index (χ1n) is 2.84. The molecule has 1 fully saturated rings. The van der Waals surface area contributed by atoms with E-state index in [4.69, 9.17) is 5.21 Å². The van der Waals surface area contributed by atoms with Gasteiger partial charge in [-0.25, -0.2) is 0 Å². The lowest BCUT2D eigenvalue weighted by Crippen LogP contribution is -2.11. The molecule has 6 heteroatoms. The van der Waals surface area contributed by atoms with E-state index in [-0.39, 0.29) is 4.86 Å². The van der Waals surface area contributed by atoms with Crippen molar-refractivity contribution >= 4 is 0 Å². The fraction of sp³-hybridized carbons (Fsp3) is 0.500. The predicted octanol–water partition coefficient (Wildman–Crippen LogP) is -0.670.